The van der Waals surface area contributed by atoms with E-state index in [-0.39, 0.29) is 24.8 Å². The summed E-state index contributed by atoms with van der Waals surface area (Å²) in [5.74, 6) is -0.357. The summed E-state index contributed by atoms with van der Waals surface area (Å²) in [5, 5.41) is 9.15. The molecule has 0 aromatic heterocycles. The van der Waals surface area contributed by atoms with E-state index in [1.165, 1.54) is 12.1 Å². The number of nitrogens with zero attached hydrogens (tertiary/aromatic N) is 2. The van der Waals surface area contributed by atoms with Crippen LogP contribution in [0.25, 0.3) is 0 Å². The Morgan fingerprint density at radius 1 is 1.23 bits per heavy atom. The fraction of sp³-hybridized carbons (Fsp3) is 0.562. The summed E-state index contributed by atoms with van der Waals surface area (Å²) in [5.41, 5.74) is 0.778. The Balaban J connectivity index is 1.85. The van der Waals surface area contributed by atoms with Crippen molar-refractivity contribution in [2.75, 3.05) is 52.5 Å². The van der Waals surface area contributed by atoms with Gasteiger partial charge in [0.25, 0.3) is 0 Å². The average molecular weight is 310 g/mol. The molecular formula is C16H23FN2O3. The van der Waals surface area contributed by atoms with Crippen molar-refractivity contribution in [3.63, 3.8) is 0 Å². The van der Waals surface area contributed by atoms with Crippen LogP contribution in [0.1, 0.15) is 5.56 Å². The molecule has 1 fully saturated rings. The topological polar surface area (TPSA) is 53.0 Å². The van der Waals surface area contributed by atoms with E-state index in [9.17, 15) is 9.18 Å². The van der Waals surface area contributed by atoms with Gasteiger partial charge >= 0.3 is 0 Å². The summed E-state index contributed by atoms with van der Waals surface area (Å²) < 4.78 is 18.2. The van der Waals surface area contributed by atoms with E-state index >= 15 is 0 Å². The Morgan fingerprint density at radius 2 is 1.91 bits per heavy atom. The number of amides is 1. The normalized spacial score (nSPS) is 15.7. The minimum atomic E-state index is -0.310. The van der Waals surface area contributed by atoms with Crippen LogP contribution in [0.2, 0.25) is 0 Å². The van der Waals surface area contributed by atoms with Crippen molar-refractivity contribution in [1.29, 1.82) is 0 Å². The molecule has 1 heterocycles. The number of carbonyl (C=O) groups excluding carboxylic acids is 1. The van der Waals surface area contributed by atoms with Crippen molar-refractivity contribution >= 4 is 5.91 Å². The maximum atomic E-state index is 12.9. The number of hydrogen-bond acceptors (Lipinski definition) is 4. The molecular weight excluding hydrogens is 287 g/mol. The predicted molar refractivity (Wildman–Crippen MR) is 81.0 cm³/mol. The highest BCUT2D eigenvalue weighted by Gasteiger charge is 2.16. The van der Waals surface area contributed by atoms with E-state index in [2.05, 4.69) is 4.90 Å². The number of morpholine rings is 1. The Kier molecular flexibility index (Phi) is 6.76. The van der Waals surface area contributed by atoms with Gasteiger partial charge in [0.05, 0.1) is 26.2 Å². The lowest BCUT2D eigenvalue weighted by molar-refractivity contribution is -0.131. The standard InChI is InChI=1S/C16H23FN2O3/c17-15-3-1-14(2-4-15)13-16(21)19(7-10-20)6-5-18-8-11-22-12-9-18/h1-4,20H,5-13H2. The zero-order chi connectivity index (χ0) is 15.8. The molecule has 1 amide bonds. The van der Waals surface area contributed by atoms with Crippen LogP contribution in [0.15, 0.2) is 24.3 Å². The van der Waals surface area contributed by atoms with Gasteiger partial charge in [-0.05, 0) is 17.7 Å². The molecule has 0 saturated carbocycles. The number of benzene rings is 1. The van der Waals surface area contributed by atoms with Crippen LogP contribution in [-0.2, 0) is 16.0 Å². The fourth-order valence-corrected chi connectivity index (χ4v) is 2.46. The number of hydrogen-bond donors (Lipinski definition) is 1. The first-order valence-electron chi connectivity index (χ1n) is 7.62. The first kappa shape index (κ1) is 16.9. The lowest BCUT2D eigenvalue weighted by Crippen LogP contribution is -2.44. The van der Waals surface area contributed by atoms with E-state index in [4.69, 9.17) is 9.84 Å². The lowest BCUT2D eigenvalue weighted by atomic mass is 10.1. The summed E-state index contributed by atoms with van der Waals surface area (Å²) in [6.45, 7) is 4.83. The molecule has 1 saturated heterocycles. The molecule has 122 valence electrons. The van der Waals surface area contributed by atoms with E-state index in [1.54, 1.807) is 17.0 Å². The van der Waals surface area contributed by atoms with Gasteiger partial charge in [0, 0.05) is 32.7 Å². The van der Waals surface area contributed by atoms with Crippen LogP contribution < -0.4 is 0 Å². The zero-order valence-corrected chi connectivity index (χ0v) is 12.7. The van der Waals surface area contributed by atoms with E-state index in [0.717, 1.165) is 38.4 Å². The molecule has 2 rings (SSSR count). The lowest BCUT2D eigenvalue weighted by Gasteiger charge is -2.30. The number of rotatable bonds is 7. The molecule has 1 aliphatic rings. The van der Waals surface area contributed by atoms with Crippen molar-refractivity contribution in [3.8, 4) is 0 Å². The molecule has 0 aliphatic carbocycles. The molecule has 0 unspecified atom stereocenters. The highest BCUT2D eigenvalue weighted by molar-refractivity contribution is 5.78. The maximum Gasteiger partial charge on any atom is 0.227 e. The van der Waals surface area contributed by atoms with Gasteiger partial charge in [-0.25, -0.2) is 4.39 Å². The Labute approximate surface area is 130 Å². The third-order valence-corrected chi connectivity index (χ3v) is 3.78. The highest BCUT2D eigenvalue weighted by Crippen LogP contribution is 2.06. The molecule has 6 heteroatoms. The van der Waals surface area contributed by atoms with Crippen LogP contribution in [0.4, 0.5) is 4.39 Å². The SMILES string of the molecule is O=C(Cc1ccc(F)cc1)N(CCO)CCN1CCOCC1. The summed E-state index contributed by atoms with van der Waals surface area (Å²) in [4.78, 5) is 16.3. The minimum Gasteiger partial charge on any atom is -0.395 e. The molecule has 1 aromatic rings. The van der Waals surface area contributed by atoms with Crippen molar-refractivity contribution in [3.05, 3.63) is 35.6 Å². The van der Waals surface area contributed by atoms with Gasteiger partial charge in [-0.15, -0.1) is 0 Å². The summed E-state index contributed by atoms with van der Waals surface area (Å²) in [6, 6.07) is 5.94. The van der Waals surface area contributed by atoms with E-state index in [1.807, 2.05) is 0 Å². The zero-order valence-electron chi connectivity index (χ0n) is 12.7. The third-order valence-electron chi connectivity index (χ3n) is 3.78. The van der Waals surface area contributed by atoms with Crippen molar-refractivity contribution < 1.29 is 19.0 Å². The number of carbonyl (C=O) groups is 1. The van der Waals surface area contributed by atoms with Gasteiger partial charge in [0.15, 0.2) is 0 Å². The highest BCUT2D eigenvalue weighted by atomic mass is 19.1. The summed E-state index contributed by atoms with van der Waals surface area (Å²) in [6.07, 6.45) is 0.226. The molecule has 0 bridgehead atoms. The second kappa shape index (κ2) is 8.82. The minimum absolute atomic E-state index is 0.0473. The van der Waals surface area contributed by atoms with Crippen LogP contribution in [0, 0.1) is 5.82 Å². The van der Waals surface area contributed by atoms with Gasteiger partial charge in [-0.1, -0.05) is 12.1 Å². The summed E-state index contributed by atoms with van der Waals surface area (Å²) in [7, 11) is 0. The molecule has 0 atom stereocenters. The first-order chi connectivity index (χ1) is 10.7. The first-order valence-corrected chi connectivity index (χ1v) is 7.62. The van der Waals surface area contributed by atoms with E-state index in [0.29, 0.717) is 13.1 Å². The maximum absolute atomic E-state index is 12.9. The second-order valence-electron chi connectivity index (χ2n) is 5.36. The average Bonchev–Trinajstić information content (AvgIpc) is 2.54. The number of halogens is 1. The predicted octanol–water partition coefficient (Wildman–Crippen LogP) is 0.521. The van der Waals surface area contributed by atoms with Crippen LogP contribution >= 0.6 is 0 Å². The van der Waals surface area contributed by atoms with Crippen molar-refractivity contribution in [2.24, 2.45) is 0 Å². The van der Waals surface area contributed by atoms with Gasteiger partial charge in [0.2, 0.25) is 5.91 Å². The molecule has 1 aliphatic heterocycles. The Bertz CT molecular complexity index is 461. The Hall–Kier alpha value is -1.50. The molecule has 22 heavy (non-hydrogen) atoms. The Morgan fingerprint density at radius 3 is 2.55 bits per heavy atom. The van der Waals surface area contributed by atoms with Gasteiger partial charge in [0.1, 0.15) is 5.82 Å². The molecule has 0 spiro atoms. The van der Waals surface area contributed by atoms with Crippen LogP contribution in [0.5, 0.6) is 0 Å². The number of ether oxygens (including phenoxy) is 1. The van der Waals surface area contributed by atoms with Crippen LogP contribution in [-0.4, -0.2) is 73.4 Å². The quantitative estimate of drug-likeness (QED) is 0.798. The van der Waals surface area contributed by atoms with Crippen LogP contribution in [0.3, 0.4) is 0 Å². The molecule has 5 nitrogen and oxygen atoms in total. The number of aliphatic hydroxyl groups is 1. The fourth-order valence-electron chi connectivity index (χ4n) is 2.46. The smallest absolute Gasteiger partial charge is 0.227 e. The number of aliphatic hydroxyl groups excluding tert-OH is 1. The molecule has 1 N–H and O–H groups in total. The summed E-state index contributed by atoms with van der Waals surface area (Å²) >= 11 is 0. The van der Waals surface area contributed by atoms with Gasteiger partial charge in [-0.3, -0.25) is 9.69 Å². The monoisotopic (exact) mass is 310 g/mol. The van der Waals surface area contributed by atoms with Crippen molar-refractivity contribution in [1.82, 2.24) is 9.80 Å². The second-order valence-corrected chi connectivity index (χ2v) is 5.36. The van der Waals surface area contributed by atoms with E-state index < -0.39 is 0 Å². The largest absolute Gasteiger partial charge is 0.395 e. The van der Waals surface area contributed by atoms with Gasteiger partial charge in [-0.2, -0.15) is 0 Å². The molecule has 1 aromatic carbocycles. The van der Waals surface area contributed by atoms with Gasteiger partial charge < -0.3 is 14.7 Å². The molecule has 0 radical (unpaired) electrons. The third kappa shape index (κ3) is 5.36. The van der Waals surface area contributed by atoms with Crippen molar-refractivity contribution in [2.45, 2.75) is 6.42 Å².